The third-order valence-electron chi connectivity index (χ3n) is 1.55. The number of carbonyl (C=O) groups is 2. The van der Waals surface area contributed by atoms with Gasteiger partial charge in [-0.15, -0.1) is 9.24 Å². The van der Waals surface area contributed by atoms with Crippen molar-refractivity contribution >= 4 is 21.4 Å². The van der Waals surface area contributed by atoms with Gasteiger partial charge in [0, 0.05) is 6.16 Å². The molecule has 6 nitrogen and oxygen atoms in total. The highest BCUT2D eigenvalue weighted by atomic mass is 31.0. The van der Waals surface area contributed by atoms with Crippen LogP contribution in [-0.4, -0.2) is 57.6 Å². The Labute approximate surface area is 77.3 Å². The smallest absolute Gasteiger partial charge is 0.233 e. The molecule has 0 aromatic carbocycles. The van der Waals surface area contributed by atoms with Crippen molar-refractivity contribution in [3.05, 3.63) is 0 Å². The third-order valence-corrected chi connectivity index (χ3v) is 2.22. The number of rotatable bonds is 6. The van der Waals surface area contributed by atoms with Crippen LogP contribution in [0.4, 0.5) is 0 Å². The Morgan fingerprint density at radius 3 is 2.46 bits per heavy atom. The molecule has 0 bridgehead atoms. The lowest BCUT2D eigenvalue weighted by molar-refractivity contribution is -0.162. The molecule has 0 saturated heterocycles. The van der Waals surface area contributed by atoms with Gasteiger partial charge >= 0.3 is 0 Å². The van der Waals surface area contributed by atoms with E-state index >= 15 is 0 Å². The van der Waals surface area contributed by atoms with Crippen LogP contribution in [-0.2, 0) is 9.59 Å². The van der Waals surface area contributed by atoms with Crippen LogP contribution >= 0.6 is 9.24 Å². The Hall–Kier alpha value is -0.550. The second-order valence-electron chi connectivity index (χ2n) is 2.52. The number of Topliss-reactive ketones (excluding diaryl/α,β-unsaturated/α-hetero) is 1. The van der Waals surface area contributed by atoms with Crippen molar-refractivity contribution in [2.45, 2.75) is 5.60 Å². The second kappa shape index (κ2) is 5.24. The van der Waals surface area contributed by atoms with Gasteiger partial charge in [-0.05, 0) is 0 Å². The SMILES string of the molecule is O=CN(O)CC(=O)C(O)(CO)CP. The van der Waals surface area contributed by atoms with E-state index in [2.05, 4.69) is 9.24 Å². The summed E-state index contributed by atoms with van der Waals surface area (Å²) in [4.78, 5) is 21.0. The molecule has 7 heteroatoms. The Morgan fingerprint density at radius 1 is 1.62 bits per heavy atom. The molecule has 0 rings (SSSR count). The fraction of sp³-hybridized carbons (Fsp3) is 0.667. The number of nitrogens with zero attached hydrogens (tertiary/aromatic N) is 1. The lowest BCUT2D eigenvalue weighted by Gasteiger charge is -2.23. The third kappa shape index (κ3) is 3.36. The summed E-state index contributed by atoms with van der Waals surface area (Å²) in [6.45, 7) is -1.39. The minimum atomic E-state index is -1.91. The van der Waals surface area contributed by atoms with Crippen molar-refractivity contribution in [1.82, 2.24) is 5.06 Å². The fourth-order valence-electron chi connectivity index (χ4n) is 0.598. The highest BCUT2D eigenvalue weighted by molar-refractivity contribution is 7.16. The Balaban J connectivity index is 4.30. The van der Waals surface area contributed by atoms with Crippen LogP contribution in [0.1, 0.15) is 0 Å². The molecule has 0 radical (unpaired) electrons. The van der Waals surface area contributed by atoms with Crippen molar-refractivity contribution in [1.29, 1.82) is 0 Å². The fourth-order valence-corrected chi connectivity index (χ4v) is 0.955. The largest absolute Gasteiger partial charge is 0.393 e. The summed E-state index contributed by atoms with van der Waals surface area (Å²) in [6.07, 6.45) is -0.0203. The number of ketones is 1. The number of aliphatic hydroxyl groups excluding tert-OH is 1. The van der Waals surface area contributed by atoms with E-state index in [1.807, 2.05) is 0 Å². The highest BCUT2D eigenvalue weighted by Crippen LogP contribution is 2.09. The summed E-state index contributed by atoms with van der Waals surface area (Å²) in [7, 11) is 2.09. The van der Waals surface area contributed by atoms with Crippen LogP contribution in [0.5, 0.6) is 0 Å². The Kier molecular flexibility index (Phi) is 5.02. The molecular weight excluding hydrogens is 197 g/mol. The first-order valence-corrected chi connectivity index (χ1v) is 4.29. The van der Waals surface area contributed by atoms with Gasteiger partial charge in [0.05, 0.1) is 6.61 Å². The van der Waals surface area contributed by atoms with Gasteiger partial charge in [0.25, 0.3) is 0 Å². The normalized spacial score (nSPS) is 14.8. The number of aliphatic hydroxyl groups is 2. The second-order valence-corrected chi connectivity index (χ2v) is 2.93. The lowest BCUT2D eigenvalue weighted by Crippen LogP contribution is -2.48. The van der Waals surface area contributed by atoms with Gasteiger partial charge in [-0.3, -0.25) is 14.8 Å². The van der Waals surface area contributed by atoms with Gasteiger partial charge < -0.3 is 10.2 Å². The molecule has 0 aliphatic carbocycles. The topological polar surface area (TPSA) is 98.1 Å². The minimum absolute atomic E-state index is 0.0402. The summed E-state index contributed by atoms with van der Waals surface area (Å²) in [6, 6.07) is 0. The van der Waals surface area contributed by atoms with Crippen molar-refractivity contribution in [2.75, 3.05) is 19.3 Å². The van der Waals surface area contributed by atoms with Crippen LogP contribution < -0.4 is 0 Å². The van der Waals surface area contributed by atoms with Gasteiger partial charge in [-0.1, -0.05) is 0 Å². The maximum atomic E-state index is 11.1. The molecular formula is C6H12NO5P. The molecule has 2 atom stereocenters. The predicted molar refractivity (Wildman–Crippen MR) is 46.2 cm³/mol. The number of carbonyl (C=O) groups excluding carboxylic acids is 2. The molecule has 0 aromatic heterocycles. The Bertz CT molecular complexity index is 193. The Morgan fingerprint density at radius 2 is 2.15 bits per heavy atom. The van der Waals surface area contributed by atoms with Crippen LogP contribution in [0.3, 0.4) is 0 Å². The van der Waals surface area contributed by atoms with E-state index < -0.39 is 24.5 Å². The molecule has 0 aliphatic heterocycles. The van der Waals surface area contributed by atoms with E-state index in [9.17, 15) is 14.7 Å². The molecule has 0 spiro atoms. The van der Waals surface area contributed by atoms with E-state index in [0.717, 1.165) is 0 Å². The molecule has 13 heavy (non-hydrogen) atoms. The van der Waals surface area contributed by atoms with Crippen molar-refractivity contribution < 1.29 is 25.0 Å². The van der Waals surface area contributed by atoms with Gasteiger partial charge in [-0.25, -0.2) is 5.06 Å². The quantitative estimate of drug-likeness (QED) is 0.203. The van der Waals surface area contributed by atoms with Crippen LogP contribution in [0, 0.1) is 0 Å². The van der Waals surface area contributed by atoms with Crippen molar-refractivity contribution in [3.8, 4) is 0 Å². The zero-order valence-corrected chi connectivity index (χ0v) is 8.04. The van der Waals surface area contributed by atoms with Crippen LogP contribution in [0.15, 0.2) is 0 Å². The summed E-state index contributed by atoms with van der Waals surface area (Å²) in [5.41, 5.74) is -1.91. The summed E-state index contributed by atoms with van der Waals surface area (Å²) in [5, 5.41) is 26.8. The standard InChI is InChI=1S/C6H12NO5P/c8-2-6(11,3-13)5(10)1-7(12)4-9/h4,8,11-12H,1-3,13H2. The van der Waals surface area contributed by atoms with Gasteiger partial charge in [-0.2, -0.15) is 0 Å². The van der Waals surface area contributed by atoms with E-state index in [-0.39, 0.29) is 17.6 Å². The molecule has 1 amide bonds. The zero-order valence-electron chi connectivity index (χ0n) is 6.88. The summed E-state index contributed by atoms with van der Waals surface area (Å²) in [5.74, 6) is -0.820. The van der Waals surface area contributed by atoms with Crippen molar-refractivity contribution in [3.63, 3.8) is 0 Å². The molecule has 0 aromatic rings. The molecule has 76 valence electrons. The predicted octanol–water partition coefficient (Wildman–Crippen LogP) is -2.00. The number of amides is 1. The first kappa shape index (κ1) is 12.4. The zero-order chi connectivity index (χ0) is 10.5. The molecule has 0 saturated carbocycles. The average molecular weight is 209 g/mol. The van der Waals surface area contributed by atoms with Gasteiger partial charge in [0.1, 0.15) is 6.54 Å². The van der Waals surface area contributed by atoms with E-state index in [1.165, 1.54) is 0 Å². The summed E-state index contributed by atoms with van der Waals surface area (Å²) >= 11 is 0. The highest BCUT2D eigenvalue weighted by Gasteiger charge is 2.33. The maximum Gasteiger partial charge on any atom is 0.233 e. The molecule has 3 N–H and O–H groups in total. The maximum absolute atomic E-state index is 11.1. The van der Waals surface area contributed by atoms with Gasteiger partial charge in [0.15, 0.2) is 11.4 Å². The first-order chi connectivity index (χ1) is 6.00. The first-order valence-electron chi connectivity index (χ1n) is 3.47. The van der Waals surface area contributed by atoms with Gasteiger partial charge in [0.2, 0.25) is 6.41 Å². The summed E-state index contributed by atoms with van der Waals surface area (Å²) < 4.78 is 0. The van der Waals surface area contributed by atoms with E-state index in [4.69, 9.17) is 10.3 Å². The molecule has 0 aliphatic rings. The van der Waals surface area contributed by atoms with Crippen molar-refractivity contribution in [2.24, 2.45) is 0 Å². The molecule has 2 unspecified atom stereocenters. The monoisotopic (exact) mass is 209 g/mol. The van der Waals surface area contributed by atoms with Crippen LogP contribution in [0.25, 0.3) is 0 Å². The average Bonchev–Trinajstić information content (AvgIpc) is 2.16. The number of hydrogen-bond acceptors (Lipinski definition) is 5. The molecule has 0 fully saturated rings. The van der Waals surface area contributed by atoms with Crippen LogP contribution in [0.2, 0.25) is 0 Å². The lowest BCUT2D eigenvalue weighted by atomic mass is 10.0. The minimum Gasteiger partial charge on any atom is -0.393 e. The van der Waals surface area contributed by atoms with E-state index in [0.29, 0.717) is 0 Å². The van der Waals surface area contributed by atoms with E-state index in [1.54, 1.807) is 0 Å². The number of hydroxylamine groups is 2. The molecule has 0 heterocycles. The number of hydrogen-bond donors (Lipinski definition) is 3.